The highest BCUT2D eigenvalue weighted by Crippen LogP contribution is 2.23. The van der Waals surface area contributed by atoms with Gasteiger partial charge in [-0.25, -0.2) is 0 Å². The summed E-state index contributed by atoms with van der Waals surface area (Å²) in [7, 11) is -2.22. The molecule has 1 aromatic carbocycles. The molecule has 0 fully saturated rings. The molecule has 21 heavy (non-hydrogen) atoms. The number of aromatic nitrogens is 2. The normalized spacial score (nSPS) is 11.6. The number of alkyl halides is 1. The minimum absolute atomic E-state index is 0.0463. The first-order valence-electron chi connectivity index (χ1n) is 6.29. The van der Waals surface area contributed by atoms with Crippen molar-refractivity contribution < 1.29 is 8.42 Å². The van der Waals surface area contributed by atoms with E-state index in [1.54, 1.807) is 6.07 Å². The Balaban J connectivity index is 2.25. The molecule has 0 amide bonds. The molecule has 1 heterocycles. The number of rotatable bonds is 6. The molecule has 1 aromatic heterocycles. The van der Waals surface area contributed by atoms with Crippen LogP contribution in [0.25, 0.3) is 0 Å². The number of nitrogens with zero attached hydrogens (tertiary/aromatic N) is 2. The van der Waals surface area contributed by atoms with Crippen molar-refractivity contribution in [1.29, 1.82) is 0 Å². The highest BCUT2D eigenvalue weighted by molar-refractivity contribution is 9.09. The first kappa shape index (κ1) is 16.3. The molecule has 2 aromatic rings. The Hall–Kier alpha value is -1.05. The van der Waals surface area contributed by atoms with Gasteiger partial charge in [0.15, 0.2) is 5.03 Å². The topological polar surface area (TPSA) is 64.0 Å². The number of anilines is 1. The van der Waals surface area contributed by atoms with Crippen molar-refractivity contribution in [2.24, 2.45) is 7.05 Å². The van der Waals surface area contributed by atoms with Crippen LogP contribution in [0.4, 0.5) is 5.69 Å². The van der Waals surface area contributed by atoms with Gasteiger partial charge in [-0.05, 0) is 30.5 Å². The molecule has 8 heteroatoms. The van der Waals surface area contributed by atoms with Crippen molar-refractivity contribution in [3.8, 4) is 0 Å². The monoisotopic (exact) mass is 391 g/mol. The summed E-state index contributed by atoms with van der Waals surface area (Å²) < 4.78 is 28.5. The summed E-state index contributed by atoms with van der Waals surface area (Å²) in [4.78, 5) is 0. The minimum Gasteiger partial charge on any atom is -0.278 e. The summed E-state index contributed by atoms with van der Waals surface area (Å²) >= 11 is 9.27. The summed E-state index contributed by atoms with van der Waals surface area (Å²) in [6.45, 7) is 0. The highest BCUT2D eigenvalue weighted by Gasteiger charge is 2.22. The molecular weight excluding hydrogens is 378 g/mol. The molecule has 0 spiro atoms. The molecule has 0 unspecified atom stereocenters. The van der Waals surface area contributed by atoms with E-state index in [0.29, 0.717) is 5.69 Å². The second-order valence-electron chi connectivity index (χ2n) is 4.52. The molecule has 0 atom stereocenters. The number of nitrogens with one attached hydrogen (secondary N) is 1. The standard InChI is InChI=1S/C13H15BrClN3O2S/c1-18-13(12(15)9-16-18)21(19,20)17-11-6-2-4-10(8-11)5-3-7-14/h2,4,6,8-9,17H,3,5,7H2,1H3. The third-order valence-corrected chi connectivity index (χ3v) is 5.32. The average molecular weight is 393 g/mol. The zero-order valence-electron chi connectivity index (χ0n) is 11.4. The number of halogens is 2. The Morgan fingerprint density at radius 3 is 2.81 bits per heavy atom. The van der Waals surface area contributed by atoms with Gasteiger partial charge in [-0.3, -0.25) is 9.40 Å². The van der Waals surface area contributed by atoms with Crippen molar-refractivity contribution in [3.63, 3.8) is 0 Å². The summed E-state index contributed by atoms with van der Waals surface area (Å²) in [5.74, 6) is 0. The summed E-state index contributed by atoms with van der Waals surface area (Å²) in [5, 5.41) is 4.80. The molecule has 114 valence electrons. The van der Waals surface area contributed by atoms with Crippen molar-refractivity contribution >= 4 is 43.2 Å². The third-order valence-electron chi connectivity index (χ3n) is 2.88. The molecule has 0 radical (unpaired) electrons. The lowest BCUT2D eigenvalue weighted by molar-refractivity contribution is 0.582. The van der Waals surface area contributed by atoms with Gasteiger partial charge in [0.05, 0.1) is 11.2 Å². The summed E-state index contributed by atoms with van der Waals surface area (Å²) in [5.41, 5.74) is 1.59. The quantitative estimate of drug-likeness (QED) is 0.768. The fourth-order valence-corrected chi connectivity index (χ4v) is 3.96. The largest absolute Gasteiger partial charge is 0.280 e. The Bertz CT molecular complexity index is 711. The van der Waals surface area contributed by atoms with E-state index in [0.717, 1.165) is 23.7 Å². The van der Waals surface area contributed by atoms with Crippen LogP contribution in [0.15, 0.2) is 35.5 Å². The number of sulfonamides is 1. The van der Waals surface area contributed by atoms with E-state index in [1.165, 1.54) is 17.9 Å². The Labute approximate surface area is 137 Å². The van der Waals surface area contributed by atoms with E-state index in [9.17, 15) is 8.42 Å². The van der Waals surface area contributed by atoms with E-state index < -0.39 is 10.0 Å². The Morgan fingerprint density at radius 2 is 2.19 bits per heavy atom. The van der Waals surface area contributed by atoms with E-state index in [1.807, 2.05) is 18.2 Å². The molecule has 0 saturated heterocycles. The molecule has 0 aliphatic carbocycles. The maximum absolute atomic E-state index is 12.4. The lowest BCUT2D eigenvalue weighted by Crippen LogP contribution is -2.17. The van der Waals surface area contributed by atoms with Crippen molar-refractivity contribution in [1.82, 2.24) is 9.78 Å². The van der Waals surface area contributed by atoms with Crippen LogP contribution < -0.4 is 4.72 Å². The zero-order chi connectivity index (χ0) is 15.5. The smallest absolute Gasteiger partial charge is 0.278 e. The van der Waals surface area contributed by atoms with Gasteiger partial charge in [-0.2, -0.15) is 13.5 Å². The predicted molar refractivity (Wildman–Crippen MR) is 87.6 cm³/mol. The van der Waals surface area contributed by atoms with Gasteiger partial charge in [0, 0.05) is 18.1 Å². The fraction of sp³-hybridized carbons (Fsp3) is 0.308. The first-order chi connectivity index (χ1) is 9.94. The van der Waals surface area contributed by atoms with Crippen LogP contribution in [0.3, 0.4) is 0 Å². The minimum atomic E-state index is -3.76. The molecule has 5 nitrogen and oxygen atoms in total. The van der Waals surface area contributed by atoms with E-state index in [4.69, 9.17) is 11.6 Å². The van der Waals surface area contributed by atoms with Crippen LogP contribution in [-0.2, 0) is 23.5 Å². The van der Waals surface area contributed by atoms with Crippen molar-refractivity contribution in [2.45, 2.75) is 17.9 Å². The van der Waals surface area contributed by atoms with Crippen molar-refractivity contribution in [2.75, 3.05) is 10.1 Å². The molecule has 0 aliphatic rings. The SMILES string of the molecule is Cn1ncc(Cl)c1S(=O)(=O)Nc1cccc(CCCBr)c1. The highest BCUT2D eigenvalue weighted by atomic mass is 79.9. The first-order valence-corrected chi connectivity index (χ1v) is 9.27. The summed E-state index contributed by atoms with van der Waals surface area (Å²) in [6, 6.07) is 7.33. The Morgan fingerprint density at radius 1 is 1.43 bits per heavy atom. The van der Waals surface area contributed by atoms with Crippen LogP contribution in [-0.4, -0.2) is 23.5 Å². The van der Waals surface area contributed by atoms with Gasteiger partial charge in [0.2, 0.25) is 0 Å². The van der Waals surface area contributed by atoms with Gasteiger partial charge in [0.25, 0.3) is 10.0 Å². The number of aryl methyl sites for hydroxylation is 2. The van der Waals surface area contributed by atoms with E-state index in [-0.39, 0.29) is 10.0 Å². The Kier molecular flexibility index (Phi) is 5.29. The lowest BCUT2D eigenvalue weighted by Gasteiger charge is -2.10. The maximum atomic E-state index is 12.4. The van der Waals surface area contributed by atoms with Gasteiger partial charge in [-0.15, -0.1) is 0 Å². The third kappa shape index (κ3) is 3.99. The van der Waals surface area contributed by atoms with Gasteiger partial charge >= 0.3 is 0 Å². The second-order valence-corrected chi connectivity index (χ2v) is 7.32. The molecule has 2 rings (SSSR count). The maximum Gasteiger partial charge on any atom is 0.280 e. The number of hydrogen-bond donors (Lipinski definition) is 1. The molecule has 1 N–H and O–H groups in total. The van der Waals surface area contributed by atoms with Crippen LogP contribution in [0, 0.1) is 0 Å². The molecule has 0 saturated carbocycles. The van der Waals surface area contributed by atoms with Crippen molar-refractivity contribution in [3.05, 3.63) is 41.0 Å². The fourth-order valence-electron chi connectivity index (χ4n) is 1.97. The van der Waals surface area contributed by atoms with Crippen LogP contribution >= 0.6 is 27.5 Å². The zero-order valence-corrected chi connectivity index (χ0v) is 14.5. The van der Waals surface area contributed by atoms with Crippen LogP contribution in [0.2, 0.25) is 5.02 Å². The molecular formula is C13H15BrClN3O2S. The second kappa shape index (κ2) is 6.81. The number of benzene rings is 1. The van der Waals surface area contributed by atoms with E-state index >= 15 is 0 Å². The average Bonchev–Trinajstić information content (AvgIpc) is 2.76. The van der Waals surface area contributed by atoms with Gasteiger partial charge < -0.3 is 0 Å². The predicted octanol–water partition coefficient (Wildman–Crippen LogP) is 3.20. The molecule has 0 bridgehead atoms. The van der Waals surface area contributed by atoms with Crippen LogP contribution in [0.5, 0.6) is 0 Å². The van der Waals surface area contributed by atoms with E-state index in [2.05, 4.69) is 25.8 Å². The number of hydrogen-bond acceptors (Lipinski definition) is 3. The van der Waals surface area contributed by atoms with Gasteiger partial charge in [-0.1, -0.05) is 39.7 Å². The summed E-state index contributed by atoms with van der Waals surface area (Å²) in [6.07, 6.45) is 3.18. The molecule has 0 aliphatic heterocycles. The lowest BCUT2D eigenvalue weighted by atomic mass is 10.1. The van der Waals surface area contributed by atoms with Gasteiger partial charge in [0.1, 0.15) is 0 Å². The van der Waals surface area contributed by atoms with Crippen LogP contribution in [0.1, 0.15) is 12.0 Å².